The molecule has 0 spiro atoms. The van der Waals surface area contributed by atoms with Crippen molar-refractivity contribution in [1.82, 2.24) is 0 Å². The van der Waals surface area contributed by atoms with Crippen LogP contribution >= 0.6 is 0 Å². The zero-order chi connectivity index (χ0) is 7.11. The maximum Gasteiger partial charge on any atom is 0.140 e. The molecule has 0 saturated heterocycles. The van der Waals surface area contributed by atoms with Gasteiger partial charge in [-0.25, -0.2) is 0 Å². The number of aldehydes is 1. The number of carbonyl (C=O) groups is 2. The van der Waals surface area contributed by atoms with Gasteiger partial charge in [-0.15, -0.1) is 0 Å². The number of alkyl halides is 1. The minimum absolute atomic E-state index is 0.0694. The van der Waals surface area contributed by atoms with Crippen LogP contribution in [-0.4, -0.2) is 18.7 Å². The van der Waals surface area contributed by atoms with Crippen LogP contribution in [0.2, 0.25) is 0 Å². The van der Waals surface area contributed by atoms with E-state index in [9.17, 15) is 14.0 Å². The summed E-state index contributed by atoms with van der Waals surface area (Å²) in [4.78, 5) is 20.1. The molecule has 0 aromatic heterocycles. The highest BCUT2D eigenvalue weighted by molar-refractivity contribution is 5.89. The fourth-order valence-corrected chi connectivity index (χ4v) is 0.459. The fraction of sp³-hybridized carbons (Fsp3) is 0.667. The van der Waals surface area contributed by atoms with E-state index in [2.05, 4.69) is 0 Å². The third-order valence-corrected chi connectivity index (χ3v) is 0.900. The monoisotopic (exact) mass is 132 g/mol. The standard InChI is InChI=1S/C6H9FO2/c7-4-1-2-6(9)3-5-8/h5H,1-4H2. The van der Waals surface area contributed by atoms with Gasteiger partial charge in [-0.05, 0) is 6.42 Å². The Morgan fingerprint density at radius 1 is 1.56 bits per heavy atom. The van der Waals surface area contributed by atoms with E-state index in [1.807, 2.05) is 0 Å². The molecule has 0 rings (SSSR count). The summed E-state index contributed by atoms with van der Waals surface area (Å²) in [5.74, 6) is -0.178. The maximum atomic E-state index is 11.4. The molecule has 0 aliphatic carbocycles. The zero-order valence-electron chi connectivity index (χ0n) is 5.10. The van der Waals surface area contributed by atoms with E-state index in [-0.39, 0.29) is 25.0 Å². The van der Waals surface area contributed by atoms with Crippen molar-refractivity contribution in [3.8, 4) is 0 Å². The van der Waals surface area contributed by atoms with Crippen LogP contribution in [0, 0.1) is 0 Å². The molecule has 0 atom stereocenters. The molecule has 0 aliphatic rings. The van der Waals surface area contributed by atoms with Crippen molar-refractivity contribution < 1.29 is 14.0 Å². The maximum absolute atomic E-state index is 11.4. The SMILES string of the molecule is O=CCC(=O)CCCF. The second-order valence-electron chi connectivity index (χ2n) is 1.70. The molecule has 0 heterocycles. The first-order valence-corrected chi connectivity index (χ1v) is 2.82. The zero-order valence-corrected chi connectivity index (χ0v) is 5.10. The molecule has 0 bridgehead atoms. The summed E-state index contributed by atoms with van der Waals surface area (Å²) in [5.41, 5.74) is 0. The number of ketones is 1. The Balaban J connectivity index is 3.16. The average Bonchev–Trinajstić information content (AvgIpc) is 1.85. The molecule has 0 saturated carbocycles. The first-order valence-electron chi connectivity index (χ1n) is 2.82. The summed E-state index contributed by atoms with van der Waals surface area (Å²) in [7, 11) is 0. The molecular formula is C6H9FO2. The van der Waals surface area contributed by atoms with E-state index in [1.165, 1.54) is 0 Å². The van der Waals surface area contributed by atoms with Gasteiger partial charge in [0.1, 0.15) is 12.1 Å². The van der Waals surface area contributed by atoms with Crippen LogP contribution in [0.15, 0.2) is 0 Å². The van der Waals surface area contributed by atoms with Crippen molar-refractivity contribution in [2.24, 2.45) is 0 Å². The molecule has 2 nitrogen and oxygen atoms in total. The van der Waals surface area contributed by atoms with Crippen LogP contribution in [0.1, 0.15) is 19.3 Å². The van der Waals surface area contributed by atoms with Gasteiger partial charge in [-0.3, -0.25) is 9.18 Å². The first-order chi connectivity index (χ1) is 4.31. The fourth-order valence-electron chi connectivity index (χ4n) is 0.459. The summed E-state index contributed by atoms with van der Waals surface area (Å²) >= 11 is 0. The summed E-state index contributed by atoms with van der Waals surface area (Å²) in [5, 5.41) is 0. The van der Waals surface area contributed by atoms with Crippen molar-refractivity contribution in [2.75, 3.05) is 6.67 Å². The van der Waals surface area contributed by atoms with E-state index in [4.69, 9.17) is 0 Å². The molecule has 0 amide bonds. The molecule has 0 N–H and O–H groups in total. The van der Waals surface area contributed by atoms with Gasteiger partial charge in [-0.2, -0.15) is 0 Å². The Kier molecular flexibility index (Phi) is 4.97. The third-order valence-electron chi connectivity index (χ3n) is 0.900. The lowest BCUT2D eigenvalue weighted by Crippen LogP contribution is -1.97. The molecule has 3 heteroatoms. The summed E-state index contributed by atoms with van der Waals surface area (Å²) in [6.07, 6.45) is 0.905. The van der Waals surface area contributed by atoms with Gasteiger partial charge >= 0.3 is 0 Å². The van der Waals surface area contributed by atoms with Gasteiger partial charge < -0.3 is 4.79 Å². The highest BCUT2D eigenvalue weighted by Gasteiger charge is 1.98. The number of Topliss-reactive ketones (excluding diaryl/α,β-unsaturated/α-hetero) is 1. The van der Waals surface area contributed by atoms with E-state index >= 15 is 0 Å². The summed E-state index contributed by atoms with van der Waals surface area (Å²) in [6, 6.07) is 0. The van der Waals surface area contributed by atoms with E-state index in [0.29, 0.717) is 6.29 Å². The van der Waals surface area contributed by atoms with Crippen LogP contribution in [0.25, 0.3) is 0 Å². The van der Waals surface area contributed by atoms with Crippen LogP contribution < -0.4 is 0 Å². The lowest BCUT2D eigenvalue weighted by atomic mass is 10.2. The topological polar surface area (TPSA) is 34.1 Å². The summed E-state index contributed by atoms with van der Waals surface area (Å²) < 4.78 is 11.4. The molecule has 0 unspecified atom stereocenters. The highest BCUT2D eigenvalue weighted by atomic mass is 19.1. The lowest BCUT2D eigenvalue weighted by Gasteiger charge is -1.89. The second-order valence-corrected chi connectivity index (χ2v) is 1.70. The minimum Gasteiger partial charge on any atom is -0.303 e. The van der Waals surface area contributed by atoms with E-state index in [0.717, 1.165) is 0 Å². The Morgan fingerprint density at radius 3 is 2.67 bits per heavy atom. The van der Waals surface area contributed by atoms with Crippen molar-refractivity contribution in [3.05, 3.63) is 0 Å². The van der Waals surface area contributed by atoms with Crippen molar-refractivity contribution in [1.29, 1.82) is 0 Å². The van der Waals surface area contributed by atoms with Crippen LogP contribution in [-0.2, 0) is 9.59 Å². The first kappa shape index (κ1) is 8.27. The number of carbonyl (C=O) groups excluding carboxylic acids is 2. The van der Waals surface area contributed by atoms with Gasteiger partial charge in [-0.1, -0.05) is 0 Å². The van der Waals surface area contributed by atoms with Gasteiger partial charge in [0, 0.05) is 6.42 Å². The Morgan fingerprint density at radius 2 is 2.22 bits per heavy atom. The molecule has 0 fully saturated rings. The predicted octanol–water partition coefficient (Wildman–Crippen LogP) is 0.894. The number of hydrogen-bond acceptors (Lipinski definition) is 2. The largest absolute Gasteiger partial charge is 0.303 e. The predicted molar refractivity (Wildman–Crippen MR) is 30.9 cm³/mol. The van der Waals surface area contributed by atoms with Crippen LogP contribution in [0.5, 0.6) is 0 Å². The molecule has 52 valence electrons. The van der Waals surface area contributed by atoms with E-state index < -0.39 is 6.67 Å². The van der Waals surface area contributed by atoms with Crippen LogP contribution in [0.3, 0.4) is 0 Å². The van der Waals surface area contributed by atoms with Gasteiger partial charge in [0.25, 0.3) is 0 Å². The molecule has 0 radical (unpaired) electrons. The molecular weight excluding hydrogens is 123 g/mol. The minimum atomic E-state index is -0.482. The Bertz CT molecular complexity index is 101. The van der Waals surface area contributed by atoms with Crippen molar-refractivity contribution in [3.63, 3.8) is 0 Å². The summed E-state index contributed by atoms with van der Waals surface area (Å²) in [6.45, 7) is -0.482. The highest BCUT2D eigenvalue weighted by Crippen LogP contribution is 1.92. The molecule has 0 aromatic rings. The lowest BCUT2D eigenvalue weighted by molar-refractivity contribution is -0.122. The number of halogens is 1. The number of hydrogen-bond donors (Lipinski definition) is 0. The van der Waals surface area contributed by atoms with Gasteiger partial charge in [0.05, 0.1) is 13.1 Å². The quantitative estimate of drug-likeness (QED) is 0.411. The third kappa shape index (κ3) is 5.14. The van der Waals surface area contributed by atoms with Gasteiger partial charge in [0.15, 0.2) is 0 Å². The second kappa shape index (κ2) is 5.41. The molecule has 0 aliphatic heterocycles. The van der Waals surface area contributed by atoms with E-state index in [1.54, 1.807) is 0 Å². The average molecular weight is 132 g/mol. The van der Waals surface area contributed by atoms with Crippen LogP contribution in [0.4, 0.5) is 4.39 Å². The smallest absolute Gasteiger partial charge is 0.140 e. The number of rotatable bonds is 5. The van der Waals surface area contributed by atoms with Gasteiger partial charge in [0.2, 0.25) is 0 Å². The van der Waals surface area contributed by atoms with Crippen molar-refractivity contribution >= 4 is 12.1 Å². The Labute approximate surface area is 53.1 Å². The Hall–Kier alpha value is -0.730. The molecule has 9 heavy (non-hydrogen) atoms. The molecule has 0 aromatic carbocycles. The van der Waals surface area contributed by atoms with Crippen molar-refractivity contribution in [2.45, 2.75) is 19.3 Å². The normalized spacial score (nSPS) is 9.00.